The summed E-state index contributed by atoms with van der Waals surface area (Å²) in [5, 5.41) is 32.5. The number of aromatic hydroxyl groups is 1. The number of benzene rings is 3. The number of fused-ring (bicyclic) bond motifs is 1. The molecule has 3 aromatic carbocycles. The number of rotatable bonds is 5. The van der Waals surface area contributed by atoms with E-state index in [2.05, 4.69) is 15.3 Å². The number of aryl methyl sites for hydroxylation is 4. The van der Waals surface area contributed by atoms with E-state index in [9.17, 15) is 19.8 Å². The molecule has 0 bridgehead atoms. The fourth-order valence-electron chi connectivity index (χ4n) is 4.82. The van der Waals surface area contributed by atoms with E-state index in [1.165, 1.54) is 16.8 Å². The van der Waals surface area contributed by atoms with Gasteiger partial charge in [-0.3, -0.25) is 9.89 Å². The van der Waals surface area contributed by atoms with Crippen molar-refractivity contribution in [1.29, 1.82) is 0 Å². The van der Waals surface area contributed by atoms with Crippen LogP contribution in [-0.2, 0) is 12.8 Å². The van der Waals surface area contributed by atoms with Gasteiger partial charge in [0.1, 0.15) is 5.69 Å². The van der Waals surface area contributed by atoms with Crippen molar-refractivity contribution in [2.24, 2.45) is 10.2 Å². The van der Waals surface area contributed by atoms with E-state index in [1.807, 2.05) is 38.1 Å². The Morgan fingerprint density at radius 3 is 2.46 bits per heavy atom. The molecule has 0 spiro atoms. The van der Waals surface area contributed by atoms with E-state index >= 15 is 0 Å². The number of nitrogens with zero attached hydrogens (tertiary/aromatic N) is 3. The highest BCUT2D eigenvalue weighted by atomic mass is 16.4. The SMILES string of the molecule is Cc1ccc(-n2[nH]c(C)c(N=Nc3c(O)c(-c4cccc(C(=O)O)c4)cc4c3CCCC4)c2=O)cc1C. The van der Waals surface area contributed by atoms with E-state index in [0.717, 1.165) is 47.9 Å². The van der Waals surface area contributed by atoms with E-state index in [4.69, 9.17) is 0 Å². The average molecular weight is 497 g/mol. The minimum absolute atomic E-state index is 0.0744. The van der Waals surface area contributed by atoms with Crippen LogP contribution in [0.5, 0.6) is 5.75 Å². The van der Waals surface area contributed by atoms with Crippen molar-refractivity contribution in [3.8, 4) is 22.6 Å². The molecule has 1 aliphatic carbocycles. The zero-order chi connectivity index (χ0) is 26.3. The summed E-state index contributed by atoms with van der Waals surface area (Å²) in [6.07, 6.45) is 3.55. The van der Waals surface area contributed by atoms with Crippen molar-refractivity contribution in [2.45, 2.75) is 46.5 Å². The third-order valence-corrected chi connectivity index (χ3v) is 7.05. The van der Waals surface area contributed by atoms with Crippen molar-refractivity contribution < 1.29 is 15.0 Å². The molecule has 0 aliphatic heterocycles. The molecule has 1 aromatic heterocycles. The zero-order valence-corrected chi connectivity index (χ0v) is 21.0. The van der Waals surface area contributed by atoms with Crippen LogP contribution in [0.1, 0.15) is 51.1 Å². The van der Waals surface area contributed by atoms with Crippen molar-refractivity contribution in [1.82, 2.24) is 9.78 Å². The van der Waals surface area contributed by atoms with E-state index in [0.29, 0.717) is 28.2 Å². The molecule has 0 fully saturated rings. The lowest BCUT2D eigenvalue weighted by Crippen LogP contribution is -2.14. The summed E-state index contributed by atoms with van der Waals surface area (Å²) >= 11 is 0. The van der Waals surface area contributed by atoms with Gasteiger partial charge in [0.15, 0.2) is 11.4 Å². The lowest BCUT2D eigenvalue weighted by molar-refractivity contribution is 0.0697. The van der Waals surface area contributed by atoms with Crippen LogP contribution in [0.15, 0.2) is 63.6 Å². The predicted octanol–water partition coefficient (Wildman–Crippen LogP) is 6.46. The second kappa shape index (κ2) is 9.54. The van der Waals surface area contributed by atoms with Gasteiger partial charge in [-0.05, 0) is 105 Å². The molecule has 0 radical (unpaired) electrons. The summed E-state index contributed by atoms with van der Waals surface area (Å²) in [5.41, 5.74) is 6.80. The Balaban J connectivity index is 1.61. The standard InChI is InChI=1S/C29H28N4O4/c1-16-11-12-22(13-17(16)2)33-28(35)25(18(3)32-33)30-31-26-23-10-5-4-7-20(23)15-24(27(26)34)19-8-6-9-21(14-19)29(36)37/h6,8-9,11-15,32,34H,4-5,7,10H2,1-3H3,(H,36,37). The highest BCUT2D eigenvalue weighted by Gasteiger charge is 2.22. The van der Waals surface area contributed by atoms with Crippen LogP contribution in [0.3, 0.4) is 0 Å². The third kappa shape index (κ3) is 4.46. The maximum Gasteiger partial charge on any atom is 0.335 e. The second-order valence-corrected chi connectivity index (χ2v) is 9.55. The summed E-state index contributed by atoms with van der Waals surface area (Å²) in [5.74, 6) is -1.11. The van der Waals surface area contributed by atoms with Gasteiger partial charge in [-0.15, -0.1) is 10.2 Å². The Morgan fingerprint density at radius 1 is 0.946 bits per heavy atom. The number of H-pyrrole nitrogens is 1. The number of carboxylic acid groups (broad SMARTS) is 1. The van der Waals surface area contributed by atoms with Gasteiger partial charge < -0.3 is 10.2 Å². The Labute approximate surface area is 213 Å². The molecular formula is C29H28N4O4. The minimum atomic E-state index is -1.04. The number of carbonyl (C=O) groups is 1. The fourth-order valence-corrected chi connectivity index (χ4v) is 4.82. The molecule has 0 saturated heterocycles. The molecule has 5 rings (SSSR count). The lowest BCUT2D eigenvalue weighted by Gasteiger charge is -2.20. The predicted molar refractivity (Wildman–Crippen MR) is 142 cm³/mol. The number of aromatic nitrogens is 2. The van der Waals surface area contributed by atoms with Crippen LogP contribution >= 0.6 is 0 Å². The van der Waals surface area contributed by atoms with Gasteiger partial charge in [0.05, 0.1) is 16.9 Å². The highest BCUT2D eigenvalue weighted by Crippen LogP contribution is 2.45. The molecule has 4 aromatic rings. The van der Waals surface area contributed by atoms with Gasteiger partial charge in [0, 0.05) is 5.56 Å². The van der Waals surface area contributed by atoms with Crippen LogP contribution in [-0.4, -0.2) is 26.0 Å². The smallest absolute Gasteiger partial charge is 0.335 e. The number of phenolic OH excluding ortho intramolecular Hbond substituents is 1. The van der Waals surface area contributed by atoms with Crippen LogP contribution in [0, 0.1) is 20.8 Å². The van der Waals surface area contributed by atoms with Crippen molar-refractivity contribution in [3.63, 3.8) is 0 Å². The normalized spacial score (nSPS) is 13.2. The molecule has 0 unspecified atom stereocenters. The molecule has 188 valence electrons. The van der Waals surface area contributed by atoms with E-state index in [1.54, 1.807) is 19.1 Å². The summed E-state index contributed by atoms with van der Waals surface area (Å²) in [7, 11) is 0. The number of carboxylic acids is 1. The number of aromatic carboxylic acids is 1. The molecule has 3 N–H and O–H groups in total. The molecule has 0 saturated carbocycles. The summed E-state index contributed by atoms with van der Waals surface area (Å²) in [6.45, 7) is 5.77. The maximum absolute atomic E-state index is 13.2. The first-order valence-corrected chi connectivity index (χ1v) is 12.3. The van der Waals surface area contributed by atoms with Gasteiger partial charge in [0.25, 0.3) is 5.56 Å². The largest absolute Gasteiger partial charge is 0.505 e. The fraction of sp³-hybridized carbons (Fsp3) is 0.241. The van der Waals surface area contributed by atoms with Crippen LogP contribution in [0.2, 0.25) is 0 Å². The first-order chi connectivity index (χ1) is 17.7. The Hall–Kier alpha value is -4.46. The van der Waals surface area contributed by atoms with Crippen LogP contribution in [0.25, 0.3) is 16.8 Å². The Morgan fingerprint density at radius 2 is 1.70 bits per heavy atom. The molecule has 1 heterocycles. The van der Waals surface area contributed by atoms with Gasteiger partial charge in [0.2, 0.25) is 0 Å². The average Bonchev–Trinajstić information content (AvgIpc) is 3.17. The molecule has 0 amide bonds. The molecule has 8 heteroatoms. The number of hydrogen-bond acceptors (Lipinski definition) is 5. The molecule has 37 heavy (non-hydrogen) atoms. The summed E-state index contributed by atoms with van der Waals surface area (Å²) in [6, 6.07) is 14.1. The lowest BCUT2D eigenvalue weighted by atomic mass is 9.87. The van der Waals surface area contributed by atoms with Crippen LogP contribution < -0.4 is 5.56 Å². The molecular weight excluding hydrogens is 468 g/mol. The summed E-state index contributed by atoms with van der Waals surface area (Å²) < 4.78 is 1.44. The number of hydrogen-bond donors (Lipinski definition) is 3. The van der Waals surface area contributed by atoms with Gasteiger partial charge in [-0.25, -0.2) is 9.48 Å². The van der Waals surface area contributed by atoms with Gasteiger partial charge in [-0.2, -0.15) is 0 Å². The first-order valence-electron chi connectivity index (χ1n) is 12.3. The van der Waals surface area contributed by atoms with Crippen molar-refractivity contribution in [3.05, 3.63) is 92.4 Å². The number of aromatic amines is 1. The zero-order valence-electron chi connectivity index (χ0n) is 21.0. The number of azo groups is 1. The summed E-state index contributed by atoms with van der Waals surface area (Å²) in [4.78, 5) is 24.7. The Kier molecular flexibility index (Phi) is 6.25. The second-order valence-electron chi connectivity index (χ2n) is 9.55. The van der Waals surface area contributed by atoms with Gasteiger partial charge in [-0.1, -0.05) is 18.2 Å². The minimum Gasteiger partial charge on any atom is -0.505 e. The number of phenols is 1. The number of nitrogens with one attached hydrogen (secondary N) is 1. The van der Waals surface area contributed by atoms with E-state index in [-0.39, 0.29) is 22.6 Å². The van der Waals surface area contributed by atoms with Crippen LogP contribution in [0.4, 0.5) is 11.4 Å². The van der Waals surface area contributed by atoms with Gasteiger partial charge >= 0.3 is 5.97 Å². The van der Waals surface area contributed by atoms with Crippen molar-refractivity contribution in [2.75, 3.05) is 0 Å². The van der Waals surface area contributed by atoms with E-state index < -0.39 is 5.97 Å². The molecule has 1 aliphatic rings. The quantitative estimate of drug-likeness (QED) is 0.275. The Bertz CT molecular complexity index is 1630. The van der Waals surface area contributed by atoms with Crippen molar-refractivity contribution >= 4 is 17.3 Å². The third-order valence-electron chi connectivity index (χ3n) is 7.05. The molecule has 8 nitrogen and oxygen atoms in total. The highest BCUT2D eigenvalue weighted by molar-refractivity contribution is 5.90. The molecule has 0 atom stereocenters. The topological polar surface area (TPSA) is 120 Å². The first kappa shape index (κ1) is 24.2. The maximum atomic E-state index is 13.2. The monoisotopic (exact) mass is 496 g/mol.